The van der Waals surface area contributed by atoms with E-state index in [1.165, 1.54) is 39.4 Å². The summed E-state index contributed by atoms with van der Waals surface area (Å²) in [6.07, 6.45) is 38.0. The van der Waals surface area contributed by atoms with Gasteiger partial charge >= 0.3 is 29.6 Å². The molecule has 687 valence electrons. The average molecular weight is 1860 g/mol. The van der Waals surface area contributed by atoms with Gasteiger partial charge in [0.05, 0.1) is 80.9 Å². The van der Waals surface area contributed by atoms with Gasteiger partial charge in [-0.15, -0.1) is 0 Å². The molecule has 6 aliphatic heterocycles. The molecule has 127 heavy (non-hydrogen) atoms. The maximum absolute atomic E-state index is 14.2. The molecule has 12 aliphatic rings. The molecule has 6 aromatic heterocycles. The van der Waals surface area contributed by atoms with Crippen LogP contribution in [0.1, 0.15) is 248 Å². The Hall–Kier alpha value is -7.36. The number of nitrogens with zero attached hydrogens (tertiary/aromatic N) is 12. The number of rotatable bonds is 6. The maximum Gasteiger partial charge on any atom is 0.354 e. The Bertz CT molecular complexity index is 4800. The van der Waals surface area contributed by atoms with Crippen molar-refractivity contribution in [3.05, 3.63) is 77.1 Å². The zero-order valence-electron chi connectivity index (χ0n) is 76.0. The zero-order valence-corrected chi connectivity index (χ0v) is 80.2. The first kappa shape index (κ1) is 97.2. The van der Waals surface area contributed by atoms with Gasteiger partial charge in [0.25, 0.3) is 0 Å². The summed E-state index contributed by atoms with van der Waals surface area (Å²) in [4.78, 5) is 152. The van der Waals surface area contributed by atoms with Crippen LogP contribution in [0.15, 0.2) is 60.2 Å². The zero-order chi connectivity index (χ0) is 87.5. The Morgan fingerprint density at radius 1 is 0.433 bits per heavy atom. The van der Waals surface area contributed by atoms with Crippen LogP contribution in [-0.2, 0) is 132 Å². The van der Waals surface area contributed by atoms with Crippen molar-refractivity contribution in [3.8, 4) is 17.5 Å². The van der Waals surface area contributed by atoms with E-state index in [1.807, 2.05) is 112 Å². The SMILES string of the molecule is CC[C@@H]1[C@@H]2CN(C(=O)[C@H](C(C)(C)C)CC(=O)O[C@@H]3CC4CC4[C@H]3CCCCCc3cn4ccnc4cc3O2)[C@@H]1[C-]=O.CC[C@@H]1[C@@H]2CN(C(=O)[C@H](C(C)(C)C)CC(=O)O[C@@H]3CC4CC4[C@H]3CCCCCc3nc4ccnn4cc3O2)[C@@H]1[C-]=O.CC[C@@H]1[C@@H]2CN(C(=O)[C@H](C(C)(C)C)CC(=O)O[C@@H]3CC4CC4[C@H]3CCCCCn3c(nc4ccnn4c3=O)O2)[C@@H]1[C-]=O.[V].[V].[V]. The van der Waals surface area contributed by atoms with Crippen molar-refractivity contribution in [3.63, 3.8) is 0 Å². The number of hydrogen-bond acceptors (Lipinski definition) is 21. The van der Waals surface area contributed by atoms with Crippen LogP contribution in [0.5, 0.6) is 17.5 Å². The Kier molecular flexibility index (Phi) is 30.9. The van der Waals surface area contributed by atoms with E-state index in [0.29, 0.717) is 90.5 Å². The minimum Gasteiger partial charge on any atom is -0.540 e. The Balaban J connectivity index is 0.000000161. The number of fused-ring (bicyclic) bond motifs is 21. The van der Waals surface area contributed by atoms with Crippen LogP contribution in [0.2, 0.25) is 0 Å². The molecular formula is C96H129N12O16V3-3. The van der Waals surface area contributed by atoms with E-state index in [1.54, 1.807) is 32.8 Å². The van der Waals surface area contributed by atoms with E-state index >= 15 is 0 Å². The quantitative estimate of drug-likeness (QED) is 0.0849. The van der Waals surface area contributed by atoms with Gasteiger partial charge in [0.2, 0.25) is 17.7 Å². The fourth-order valence-corrected chi connectivity index (χ4v) is 23.3. The number of carbonyl (C=O) groups is 6. The number of ether oxygens (including phenoxy) is 6. The van der Waals surface area contributed by atoms with Gasteiger partial charge in [-0.2, -0.15) is 19.7 Å². The molecule has 3 saturated heterocycles. The fourth-order valence-electron chi connectivity index (χ4n) is 23.3. The smallest absolute Gasteiger partial charge is 0.354 e. The third-order valence-corrected chi connectivity index (χ3v) is 30.7. The summed E-state index contributed by atoms with van der Waals surface area (Å²) >= 11 is 0. The normalized spacial score (nSPS) is 33.6. The summed E-state index contributed by atoms with van der Waals surface area (Å²) in [7, 11) is 0. The van der Waals surface area contributed by atoms with Crippen LogP contribution in [0.4, 0.5) is 0 Å². The minimum absolute atomic E-state index is 0. The molecule has 28 nitrogen and oxygen atoms in total. The molecule has 31 heteroatoms. The van der Waals surface area contributed by atoms with Gasteiger partial charge in [-0.05, 0) is 177 Å². The summed E-state index contributed by atoms with van der Waals surface area (Å²) in [5.41, 5.74) is 2.10. The van der Waals surface area contributed by atoms with Crippen LogP contribution in [0.25, 0.3) is 16.9 Å². The number of esters is 3. The predicted octanol–water partition coefficient (Wildman–Crippen LogP) is 12.9. The van der Waals surface area contributed by atoms with E-state index in [-0.39, 0.29) is 184 Å². The van der Waals surface area contributed by atoms with Gasteiger partial charge in [0, 0.05) is 105 Å². The second-order valence-corrected chi connectivity index (χ2v) is 41.5. The number of hydrogen-bond donors (Lipinski definition) is 0. The molecule has 6 unspecified atom stereocenters. The number of aromatic nitrogens is 9. The molecule has 12 heterocycles. The van der Waals surface area contributed by atoms with Crippen molar-refractivity contribution in [1.82, 2.24) is 57.8 Å². The molecule has 9 fully saturated rings. The number of aryl methyl sites for hydroxylation is 2. The van der Waals surface area contributed by atoms with Crippen molar-refractivity contribution in [1.29, 1.82) is 0 Å². The topological polar surface area (TPSA) is 318 Å². The first-order valence-electron chi connectivity index (χ1n) is 46.8. The molecule has 18 rings (SSSR count). The van der Waals surface area contributed by atoms with E-state index < -0.39 is 64.3 Å². The van der Waals surface area contributed by atoms with Gasteiger partial charge in [0.15, 0.2) is 17.0 Å². The molecule has 0 spiro atoms. The third-order valence-electron chi connectivity index (χ3n) is 30.7. The fraction of sp³-hybridized carbons (Fsp3) is 0.719. The second kappa shape index (κ2) is 40.4. The van der Waals surface area contributed by atoms with Crippen molar-refractivity contribution in [2.45, 2.75) is 311 Å². The van der Waals surface area contributed by atoms with Gasteiger partial charge in [-0.1, -0.05) is 159 Å². The molecule has 0 aromatic carbocycles. The molecule has 3 radical (unpaired) electrons. The van der Waals surface area contributed by atoms with Crippen molar-refractivity contribution >= 4 is 71.4 Å². The largest absolute Gasteiger partial charge is 0.540 e. The van der Waals surface area contributed by atoms with Gasteiger partial charge in [-0.25, -0.2) is 42.7 Å². The standard InChI is InChI=1S/C33H44N3O5.C32H43N4O5.C31H42N5O6.3V/c1-5-22-26(19-37)36-18-29(22)40-27-16-30-34-11-12-35(30)17-20(27)9-7-6-8-10-23-24-13-21(24)14-28(23)41-31(38)15-25(32(36)39)33(2,3)4;1-5-20-25(18-37)35-16-27(20)40-28-17-36-29(11-12-33-36)34-24(28)10-8-6-7-9-21-22-13-19(22)14-26(21)41-30(38)15-23(31(35)39)32(2,3)4;1-5-19-23(17-37)35-16-25(19)42-29-33-26-10-11-32-36(26)30(40)34(29)12-8-6-7-9-20-21-13-18(21)14-24(20)41-27(38)15-22(28(35)39)31(2,3)4;;;/h11-12,16-17,21-26,28-29H,5-10,13-15,18H2,1-4H3;11-12,17,19-23,25-27H,5-10,13-16H2,1-4H3;10-11,18-25H,5-9,12-16H2,1-4H3;;;/q3*-1;;;/t21?,22-,23+,24?,25+,26+,28+,29-;19?,20-,21+,22?,23+,25+,26+,27-;18?,19-,20+,21?,22+,23+,24+,25-;;;/m000.../s1. The predicted molar refractivity (Wildman–Crippen MR) is 458 cm³/mol. The van der Waals surface area contributed by atoms with E-state index in [2.05, 4.69) is 45.2 Å². The van der Waals surface area contributed by atoms with E-state index in [4.69, 9.17) is 33.4 Å². The Morgan fingerprint density at radius 3 is 1.31 bits per heavy atom. The third kappa shape index (κ3) is 20.8. The monoisotopic (exact) mass is 1860 g/mol. The minimum atomic E-state index is -0.833. The summed E-state index contributed by atoms with van der Waals surface area (Å²) in [5, 5.41) is 8.50. The number of carbonyl (C=O) groups excluding carboxylic acids is 9. The molecule has 6 bridgehead atoms. The molecule has 6 aromatic rings. The molecule has 24 atom stereocenters. The average Bonchev–Trinajstić information content (AvgIpc) is 1.60. The van der Waals surface area contributed by atoms with Gasteiger partial charge < -0.3 is 61.9 Å². The van der Waals surface area contributed by atoms with Crippen LogP contribution in [0.3, 0.4) is 0 Å². The summed E-state index contributed by atoms with van der Waals surface area (Å²) in [6, 6.07) is 3.40. The summed E-state index contributed by atoms with van der Waals surface area (Å²) < 4.78 is 44.6. The van der Waals surface area contributed by atoms with Crippen molar-refractivity contribution in [2.24, 2.45) is 105 Å². The Labute approximate surface area is 781 Å². The summed E-state index contributed by atoms with van der Waals surface area (Å²) in [5.74, 6) is 2.27. The number of amides is 3. The first-order chi connectivity index (χ1) is 59.4. The van der Waals surface area contributed by atoms with Crippen LogP contribution in [-0.4, -0.2) is 187 Å². The van der Waals surface area contributed by atoms with Crippen molar-refractivity contribution < 1.29 is 127 Å². The first-order valence-corrected chi connectivity index (χ1v) is 46.8. The van der Waals surface area contributed by atoms with E-state index in [0.717, 1.165) is 137 Å². The summed E-state index contributed by atoms with van der Waals surface area (Å²) in [6.45, 7) is 24.7. The number of imidazole rings is 1. The van der Waals surface area contributed by atoms with E-state index in [9.17, 15) is 47.9 Å². The molecule has 3 amide bonds. The van der Waals surface area contributed by atoms with Crippen LogP contribution >= 0.6 is 0 Å². The second-order valence-electron chi connectivity index (χ2n) is 41.5. The number of pyridine rings is 1. The molecule has 6 aliphatic carbocycles. The van der Waals surface area contributed by atoms with Crippen LogP contribution < -0.4 is 19.9 Å². The molecule has 0 N–H and O–H groups in total. The van der Waals surface area contributed by atoms with Crippen LogP contribution in [0, 0.1) is 105 Å². The van der Waals surface area contributed by atoms with Crippen molar-refractivity contribution in [2.75, 3.05) is 19.6 Å². The van der Waals surface area contributed by atoms with Gasteiger partial charge in [-0.3, -0.25) is 28.8 Å². The van der Waals surface area contributed by atoms with Gasteiger partial charge in [0.1, 0.15) is 48.0 Å². The maximum atomic E-state index is 14.2. The Morgan fingerprint density at radius 2 is 0.858 bits per heavy atom. The molecular weight excluding hydrogens is 1730 g/mol. The molecule has 6 saturated carbocycles.